The van der Waals surface area contributed by atoms with Crippen LogP contribution in [0.5, 0.6) is 11.5 Å². The molecule has 0 unspecified atom stereocenters. The van der Waals surface area contributed by atoms with Crippen LogP contribution < -0.4 is 10.2 Å². The smallest absolute Gasteiger partial charge is 0.274 e. The minimum Gasteiger partial charge on any atom is -0.504 e. The molecule has 140 valence electrons. The first-order valence-corrected chi connectivity index (χ1v) is 8.91. The second-order valence-corrected chi connectivity index (χ2v) is 6.63. The van der Waals surface area contributed by atoms with Crippen molar-refractivity contribution in [3.05, 3.63) is 59.9 Å². The second-order valence-electron chi connectivity index (χ2n) is 5.59. The standard InChI is InChI=1S/C18H18N4O4S/c1-22-16(10-11-26-15-5-3-2-4-14(15)23)19-20-18(22)27-13-8-6-12(7-9-13)17(24)21-25/h2-9,23,25H,10-11H2,1H3,(H,21,24). The Hall–Kier alpha value is -3.04. The highest BCUT2D eigenvalue weighted by Gasteiger charge is 2.11. The maximum Gasteiger partial charge on any atom is 0.274 e. The minimum absolute atomic E-state index is 0.102. The summed E-state index contributed by atoms with van der Waals surface area (Å²) in [5.41, 5.74) is 1.96. The molecule has 3 rings (SSSR count). The Bertz CT molecular complexity index is 927. The molecule has 0 aliphatic carbocycles. The van der Waals surface area contributed by atoms with E-state index in [4.69, 9.17) is 9.94 Å². The molecule has 27 heavy (non-hydrogen) atoms. The van der Waals surface area contributed by atoms with E-state index >= 15 is 0 Å². The molecule has 1 amide bonds. The van der Waals surface area contributed by atoms with Gasteiger partial charge in [-0.2, -0.15) is 0 Å². The number of amides is 1. The summed E-state index contributed by atoms with van der Waals surface area (Å²) in [6.45, 7) is 0.360. The van der Waals surface area contributed by atoms with Gasteiger partial charge in [-0.1, -0.05) is 12.1 Å². The number of hydrogen-bond donors (Lipinski definition) is 3. The van der Waals surface area contributed by atoms with Crippen LogP contribution in [0, 0.1) is 0 Å². The van der Waals surface area contributed by atoms with Crippen molar-refractivity contribution in [1.82, 2.24) is 20.2 Å². The molecule has 0 saturated heterocycles. The number of carbonyl (C=O) groups excluding carboxylic acids is 1. The zero-order chi connectivity index (χ0) is 19.2. The maximum atomic E-state index is 11.3. The van der Waals surface area contributed by atoms with Crippen LogP contribution in [0.4, 0.5) is 0 Å². The molecular formula is C18H18N4O4S. The lowest BCUT2D eigenvalue weighted by Gasteiger charge is -2.08. The summed E-state index contributed by atoms with van der Waals surface area (Å²) in [7, 11) is 1.87. The number of phenolic OH excluding ortho intramolecular Hbond substituents is 1. The number of aromatic nitrogens is 3. The summed E-state index contributed by atoms with van der Waals surface area (Å²) in [5, 5.41) is 27.4. The minimum atomic E-state index is -0.558. The topological polar surface area (TPSA) is 110 Å². The van der Waals surface area contributed by atoms with Crippen molar-refractivity contribution >= 4 is 17.7 Å². The summed E-state index contributed by atoms with van der Waals surface area (Å²) >= 11 is 1.41. The van der Waals surface area contributed by atoms with Crippen molar-refractivity contribution in [1.29, 1.82) is 0 Å². The van der Waals surface area contributed by atoms with Gasteiger partial charge in [0.1, 0.15) is 5.82 Å². The number of nitrogens with zero attached hydrogens (tertiary/aromatic N) is 3. The summed E-state index contributed by atoms with van der Waals surface area (Å²) < 4.78 is 7.44. The Balaban J connectivity index is 1.60. The molecule has 3 N–H and O–H groups in total. The highest BCUT2D eigenvalue weighted by atomic mass is 32.2. The molecule has 0 bridgehead atoms. The van der Waals surface area contributed by atoms with Crippen LogP contribution >= 0.6 is 11.8 Å². The number of hydrogen-bond acceptors (Lipinski definition) is 7. The van der Waals surface area contributed by atoms with Crippen LogP contribution in [0.1, 0.15) is 16.2 Å². The van der Waals surface area contributed by atoms with Crippen molar-refractivity contribution in [3.8, 4) is 11.5 Å². The lowest BCUT2D eigenvalue weighted by atomic mass is 10.2. The summed E-state index contributed by atoms with van der Waals surface area (Å²) in [5.74, 6) is 0.729. The molecule has 0 saturated carbocycles. The Kier molecular flexibility index (Phi) is 5.94. The molecule has 0 fully saturated rings. The van der Waals surface area contributed by atoms with Crippen LogP contribution in [-0.2, 0) is 13.5 Å². The molecule has 0 spiro atoms. The van der Waals surface area contributed by atoms with E-state index in [1.807, 2.05) is 11.6 Å². The molecule has 0 radical (unpaired) electrons. The van der Waals surface area contributed by atoms with E-state index in [0.29, 0.717) is 29.5 Å². The van der Waals surface area contributed by atoms with Gasteiger partial charge in [0.25, 0.3) is 5.91 Å². The van der Waals surface area contributed by atoms with E-state index in [9.17, 15) is 9.90 Å². The van der Waals surface area contributed by atoms with Gasteiger partial charge in [0, 0.05) is 23.9 Å². The molecule has 0 aliphatic rings. The SMILES string of the molecule is Cn1c(CCOc2ccccc2O)nnc1Sc1ccc(C(=O)NO)cc1. The Labute approximate surface area is 159 Å². The lowest BCUT2D eigenvalue weighted by Crippen LogP contribution is -2.18. The van der Waals surface area contributed by atoms with Gasteiger partial charge in [0.05, 0.1) is 6.61 Å². The molecule has 3 aromatic rings. The van der Waals surface area contributed by atoms with Crippen molar-refractivity contribution in [2.45, 2.75) is 16.5 Å². The highest BCUT2D eigenvalue weighted by Crippen LogP contribution is 2.27. The third-order valence-electron chi connectivity index (χ3n) is 3.80. The number of aromatic hydroxyl groups is 1. The van der Waals surface area contributed by atoms with Gasteiger partial charge in [-0.3, -0.25) is 10.0 Å². The zero-order valence-electron chi connectivity index (χ0n) is 14.5. The first-order chi connectivity index (χ1) is 13.1. The fourth-order valence-corrected chi connectivity index (χ4v) is 3.13. The van der Waals surface area contributed by atoms with Crippen LogP contribution in [0.15, 0.2) is 58.6 Å². The number of hydroxylamine groups is 1. The Morgan fingerprint density at radius 3 is 2.63 bits per heavy atom. The van der Waals surface area contributed by atoms with Gasteiger partial charge in [-0.05, 0) is 48.2 Å². The Morgan fingerprint density at radius 1 is 1.19 bits per heavy atom. The number of ether oxygens (including phenoxy) is 1. The molecule has 8 nitrogen and oxygen atoms in total. The van der Waals surface area contributed by atoms with E-state index in [1.165, 1.54) is 11.8 Å². The predicted octanol–water partition coefficient (Wildman–Crippen LogP) is 2.41. The summed E-state index contributed by atoms with van der Waals surface area (Å²) in [6, 6.07) is 13.6. The van der Waals surface area contributed by atoms with Crippen molar-refractivity contribution in [2.24, 2.45) is 7.05 Å². The van der Waals surface area contributed by atoms with E-state index in [2.05, 4.69) is 10.2 Å². The maximum absolute atomic E-state index is 11.3. The van der Waals surface area contributed by atoms with Gasteiger partial charge in [-0.25, -0.2) is 5.48 Å². The van der Waals surface area contributed by atoms with Gasteiger partial charge in [-0.15, -0.1) is 10.2 Å². The van der Waals surface area contributed by atoms with Crippen LogP contribution in [0.2, 0.25) is 0 Å². The third-order valence-corrected chi connectivity index (χ3v) is 4.85. The first-order valence-electron chi connectivity index (χ1n) is 8.10. The van der Waals surface area contributed by atoms with E-state index in [1.54, 1.807) is 54.0 Å². The van der Waals surface area contributed by atoms with Gasteiger partial charge < -0.3 is 14.4 Å². The fourth-order valence-electron chi connectivity index (χ4n) is 2.33. The molecule has 0 aliphatic heterocycles. The fraction of sp³-hybridized carbons (Fsp3) is 0.167. The molecule has 1 aromatic heterocycles. The molecule has 2 aromatic carbocycles. The summed E-state index contributed by atoms with van der Waals surface area (Å²) in [6.07, 6.45) is 0.536. The van der Waals surface area contributed by atoms with Gasteiger partial charge in [0.15, 0.2) is 16.7 Å². The van der Waals surface area contributed by atoms with E-state index in [0.717, 1.165) is 10.7 Å². The normalized spacial score (nSPS) is 10.6. The number of para-hydroxylation sites is 2. The number of carbonyl (C=O) groups is 1. The molecular weight excluding hydrogens is 368 g/mol. The van der Waals surface area contributed by atoms with Crippen molar-refractivity contribution < 1.29 is 19.8 Å². The van der Waals surface area contributed by atoms with Crippen LogP contribution in [0.3, 0.4) is 0 Å². The van der Waals surface area contributed by atoms with Gasteiger partial charge in [0.2, 0.25) is 0 Å². The van der Waals surface area contributed by atoms with E-state index < -0.39 is 5.91 Å². The second kappa shape index (κ2) is 8.56. The Morgan fingerprint density at radius 2 is 1.93 bits per heavy atom. The number of benzene rings is 2. The third kappa shape index (κ3) is 4.57. The van der Waals surface area contributed by atoms with Crippen molar-refractivity contribution in [3.63, 3.8) is 0 Å². The highest BCUT2D eigenvalue weighted by molar-refractivity contribution is 7.99. The van der Waals surface area contributed by atoms with Crippen LogP contribution in [-0.4, -0.2) is 37.6 Å². The van der Waals surface area contributed by atoms with E-state index in [-0.39, 0.29) is 5.75 Å². The van der Waals surface area contributed by atoms with Crippen LogP contribution in [0.25, 0.3) is 0 Å². The average Bonchev–Trinajstić information content (AvgIpc) is 3.03. The van der Waals surface area contributed by atoms with Gasteiger partial charge >= 0.3 is 0 Å². The lowest BCUT2D eigenvalue weighted by molar-refractivity contribution is 0.0706. The number of nitrogens with one attached hydrogen (secondary N) is 1. The zero-order valence-corrected chi connectivity index (χ0v) is 15.3. The molecule has 1 heterocycles. The molecule has 9 heteroatoms. The quantitative estimate of drug-likeness (QED) is 0.422. The number of phenols is 1. The molecule has 0 atom stereocenters. The average molecular weight is 386 g/mol. The largest absolute Gasteiger partial charge is 0.504 e. The number of rotatable bonds is 7. The monoisotopic (exact) mass is 386 g/mol. The van der Waals surface area contributed by atoms with Crippen molar-refractivity contribution in [2.75, 3.05) is 6.61 Å². The predicted molar refractivity (Wildman–Crippen MR) is 98.1 cm³/mol. The summed E-state index contributed by atoms with van der Waals surface area (Å²) in [4.78, 5) is 12.2. The first kappa shape index (κ1) is 18.7.